The third-order valence-corrected chi connectivity index (χ3v) is 5.02. The summed E-state index contributed by atoms with van der Waals surface area (Å²) in [5, 5.41) is 16.6. The zero-order valence-electron chi connectivity index (χ0n) is 15.5. The van der Waals surface area contributed by atoms with E-state index in [1.807, 2.05) is 7.05 Å². The van der Waals surface area contributed by atoms with Gasteiger partial charge in [0.15, 0.2) is 11.1 Å². The minimum absolute atomic E-state index is 0.603. The largest absolute Gasteiger partial charge is 0.356 e. The molecule has 1 aliphatic rings. The summed E-state index contributed by atoms with van der Waals surface area (Å²) in [5.74, 6) is 2.63. The van der Waals surface area contributed by atoms with Gasteiger partial charge in [-0.3, -0.25) is 4.99 Å². The van der Waals surface area contributed by atoms with E-state index >= 15 is 0 Å². The summed E-state index contributed by atoms with van der Waals surface area (Å²) in [6, 6.07) is 0.603. The van der Waals surface area contributed by atoms with Gasteiger partial charge in [0.1, 0.15) is 5.82 Å². The Morgan fingerprint density at radius 1 is 1.29 bits per heavy atom. The average Bonchev–Trinajstić information content (AvgIpc) is 3.22. The Hall–Kier alpha value is -1.24. The summed E-state index contributed by atoms with van der Waals surface area (Å²) < 4.78 is 2.39. The van der Waals surface area contributed by atoms with Crippen molar-refractivity contribution in [2.24, 2.45) is 10.9 Å². The molecule has 0 saturated heterocycles. The second-order valence-electron chi connectivity index (χ2n) is 6.79. The van der Waals surface area contributed by atoms with Gasteiger partial charge in [-0.1, -0.05) is 38.5 Å². The molecule has 1 fully saturated rings. The summed E-state index contributed by atoms with van der Waals surface area (Å²) in [4.78, 5) is 4.26. The number of rotatable bonds is 8. The Morgan fingerprint density at radius 2 is 2.04 bits per heavy atom. The molecule has 0 atom stereocenters. The zero-order chi connectivity index (χ0) is 17.4. The van der Waals surface area contributed by atoms with Crippen molar-refractivity contribution < 1.29 is 0 Å². The molecule has 0 aromatic carbocycles. The van der Waals surface area contributed by atoms with Crippen LogP contribution in [0, 0.1) is 5.92 Å². The van der Waals surface area contributed by atoms with E-state index in [0.29, 0.717) is 12.0 Å². The predicted octanol–water partition coefficient (Wildman–Crippen LogP) is 2.87. The second-order valence-corrected chi connectivity index (χ2v) is 7.56. The lowest BCUT2D eigenvalue weighted by Crippen LogP contribution is -2.39. The number of guanidine groups is 1. The quantitative estimate of drug-likeness (QED) is 0.326. The molecule has 136 valence electrons. The molecular weight excluding hydrogens is 320 g/mol. The maximum Gasteiger partial charge on any atom is 0.191 e. The van der Waals surface area contributed by atoms with Gasteiger partial charge in [0.2, 0.25) is 0 Å². The number of aryl methyl sites for hydroxylation is 1. The van der Waals surface area contributed by atoms with Gasteiger partial charge in [-0.25, -0.2) is 0 Å². The Kier molecular flexibility index (Phi) is 7.88. The van der Waals surface area contributed by atoms with Crippen LogP contribution in [0.1, 0.15) is 57.8 Å². The van der Waals surface area contributed by atoms with Crippen molar-refractivity contribution in [3.8, 4) is 0 Å². The van der Waals surface area contributed by atoms with Crippen molar-refractivity contribution >= 4 is 17.7 Å². The summed E-state index contributed by atoms with van der Waals surface area (Å²) >= 11 is 1.70. The average molecular weight is 353 g/mol. The van der Waals surface area contributed by atoms with Crippen LogP contribution in [0.2, 0.25) is 0 Å². The summed E-state index contributed by atoms with van der Waals surface area (Å²) in [6.07, 6.45) is 9.27. The first-order valence-corrected chi connectivity index (χ1v) is 10.3. The van der Waals surface area contributed by atoms with Crippen molar-refractivity contribution in [1.82, 2.24) is 25.4 Å². The van der Waals surface area contributed by atoms with Crippen molar-refractivity contribution in [2.75, 3.05) is 26.4 Å². The number of nitrogens with zero attached hydrogens (tertiary/aromatic N) is 4. The van der Waals surface area contributed by atoms with Gasteiger partial charge in [0.25, 0.3) is 0 Å². The third-order valence-electron chi connectivity index (χ3n) is 4.38. The molecular formula is C17H32N6S. The van der Waals surface area contributed by atoms with Crippen LogP contribution >= 0.6 is 11.8 Å². The molecule has 2 rings (SSSR count). The van der Waals surface area contributed by atoms with Gasteiger partial charge in [0, 0.05) is 32.6 Å². The van der Waals surface area contributed by atoms with Gasteiger partial charge in [-0.05, 0) is 31.4 Å². The smallest absolute Gasteiger partial charge is 0.191 e. The first kappa shape index (κ1) is 19.1. The monoisotopic (exact) mass is 352 g/mol. The van der Waals surface area contributed by atoms with E-state index in [0.717, 1.165) is 42.9 Å². The summed E-state index contributed by atoms with van der Waals surface area (Å²) in [6.45, 7) is 6.22. The number of thioether (sulfide) groups is 1. The van der Waals surface area contributed by atoms with Crippen LogP contribution in [-0.4, -0.2) is 47.1 Å². The van der Waals surface area contributed by atoms with Crippen molar-refractivity contribution in [3.05, 3.63) is 5.82 Å². The lowest BCUT2D eigenvalue weighted by Gasteiger charge is -2.16. The molecule has 24 heavy (non-hydrogen) atoms. The molecule has 1 aliphatic carbocycles. The fraction of sp³-hybridized carbons (Fsp3) is 0.824. The molecule has 7 heteroatoms. The first-order valence-electron chi connectivity index (χ1n) is 9.08. The molecule has 1 aromatic heterocycles. The van der Waals surface area contributed by atoms with E-state index in [4.69, 9.17) is 0 Å². The topological polar surface area (TPSA) is 67.1 Å². The van der Waals surface area contributed by atoms with Crippen LogP contribution in [0.3, 0.4) is 0 Å². The fourth-order valence-corrected chi connectivity index (χ4v) is 3.69. The van der Waals surface area contributed by atoms with E-state index in [-0.39, 0.29) is 0 Å². The molecule has 1 saturated carbocycles. The highest BCUT2D eigenvalue weighted by atomic mass is 32.2. The normalized spacial score (nSPS) is 16.1. The van der Waals surface area contributed by atoms with E-state index in [1.165, 1.54) is 25.7 Å². The zero-order valence-corrected chi connectivity index (χ0v) is 16.3. The highest BCUT2D eigenvalue weighted by molar-refractivity contribution is 7.98. The third kappa shape index (κ3) is 5.40. The molecule has 1 aromatic rings. The number of nitrogens with one attached hydrogen (secondary N) is 2. The van der Waals surface area contributed by atoms with Crippen molar-refractivity contribution in [1.29, 1.82) is 0 Å². The standard InChI is InChI=1S/C17H32N6S/c1-13(2)12-20-16(18-3)19-11-7-10-15-21-22-17(24-4)23(15)14-8-5-6-9-14/h13-14H,5-12H2,1-4H3,(H2,18,19,20). The molecule has 0 amide bonds. The minimum atomic E-state index is 0.603. The van der Waals surface area contributed by atoms with Crippen molar-refractivity contribution in [3.63, 3.8) is 0 Å². The molecule has 0 radical (unpaired) electrons. The van der Waals surface area contributed by atoms with Crippen LogP contribution in [0.5, 0.6) is 0 Å². The molecule has 0 bridgehead atoms. The highest BCUT2D eigenvalue weighted by Crippen LogP contribution is 2.33. The predicted molar refractivity (Wildman–Crippen MR) is 102 cm³/mol. The molecule has 1 heterocycles. The SMILES string of the molecule is CN=C(NCCCc1nnc(SC)n1C1CCCC1)NCC(C)C. The van der Waals surface area contributed by atoms with Crippen molar-refractivity contribution in [2.45, 2.75) is 63.6 Å². The number of aliphatic imine (C=N–C) groups is 1. The van der Waals surface area contributed by atoms with Gasteiger partial charge in [0.05, 0.1) is 0 Å². The lowest BCUT2D eigenvalue weighted by molar-refractivity contribution is 0.460. The Balaban J connectivity index is 1.83. The fourth-order valence-electron chi connectivity index (χ4n) is 3.12. The van der Waals surface area contributed by atoms with E-state index in [9.17, 15) is 0 Å². The maximum absolute atomic E-state index is 4.45. The van der Waals surface area contributed by atoms with E-state index in [1.54, 1.807) is 11.8 Å². The summed E-state index contributed by atoms with van der Waals surface area (Å²) in [7, 11) is 1.82. The van der Waals surface area contributed by atoms with Gasteiger partial charge < -0.3 is 15.2 Å². The summed E-state index contributed by atoms with van der Waals surface area (Å²) in [5.41, 5.74) is 0. The van der Waals surface area contributed by atoms with Crippen LogP contribution in [-0.2, 0) is 6.42 Å². The van der Waals surface area contributed by atoms with Gasteiger partial charge >= 0.3 is 0 Å². The number of hydrogen-bond acceptors (Lipinski definition) is 4. The Labute approximate surface area is 150 Å². The Morgan fingerprint density at radius 3 is 2.67 bits per heavy atom. The molecule has 0 unspecified atom stereocenters. The first-order chi connectivity index (χ1) is 11.7. The molecule has 0 aliphatic heterocycles. The van der Waals surface area contributed by atoms with E-state index in [2.05, 4.69) is 50.5 Å². The number of hydrogen-bond donors (Lipinski definition) is 2. The van der Waals surface area contributed by atoms with Gasteiger partial charge in [-0.2, -0.15) is 0 Å². The minimum Gasteiger partial charge on any atom is -0.356 e. The van der Waals surface area contributed by atoms with Crippen LogP contribution in [0.25, 0.3) is 0 Å². The molecule has 6 nitrogen and oxygen atoms in total. The van der Waals surface area contributed by atoms with E-state index < -0.39 is 0 Å². The number of aromatic nitrogens is 3. The Bertz CT molecular complexity index is 519. The van der Waals surface area contributed by atoms with Gasteiger partial charge in [-0.15, -0.1) is 10.2 Å². The van der Waals surface area contributed by atoms with Crippen LogP contribution < -0.4 is 10.6 Å². The lowest BCUT2D eigenvalue weighted by atomic mass is 10.2. The van der Waals surface area contributed by atoms with Crippen LogP contribution in [0.4, 0.5) is 0 Å². The highest BCUT2D eigenvalue weighted by Gasteiger charge is 2.23. The van der Waals surface area contributed by atoms with Crippen LogP contribution in [0.15, 0.2) is 10.1 Å². The molecule has 0 spiro atoms. The molecule has 2 N–H and O–H groups in total. The second kappa shape index (κ2) is 9.91. The maximum atomic E-state index is 4.45.